The van der Waals surface area contributed by atoms with E-state index in [0.717, 1.165) is 0 Å². The van der Waals surface area contributed by atoms with E-state index >= 15 is 0 Å². The van der Waals surface area contributed by atoms with Gasteiger partial charge < -0.3 is 15.5 Å². The Balaban J connectivity index is 1.23. The summed E-state index contributed by atoms with van der Waals surface area (Å²) in [6.07, 6.45) is 0.672. The number of carbonyl (C=O) groups excluding carboxylic acids is 1. The number of nitrogens with two attached hydrogens (primary N) is 1. The van der Waals surface area contributed by atoms with Crippen LogP contribution in [0.4, 0.5) is 4.39 Å². The first kappa shape index (κ1) is 22.8. The summed E-state index contributed by atoms with van der Waals surface area (Å²) < 4.78 is 43.2. The molecule has 2 aromatic rings. The zero-order chi connectivity index (χ0) is 22.7. The van der Waals surface area contributed by atoms with Gasteiger partial charge in [-0.2, -0.15) is 0 Å². The molecule has 174 valence electrons. The van der Waals surface area contributed by atoms with Gasteiger partial charge in [0.2, 0.25) is 11.1 Å². The third-order valence-electron chi connectivity index (χ3n) is 5.63. The van der Waals surface area contributed by atoms with Crippen LogP contribution >= 0.6 is 11.8 Å². The normalized spacial score (nSPS) is 21.0. The molecule has 13 heteroatoms. The van der Waals surface area contributed by atoms with E-state index in [1.165, 1.54) is 40.7 Å². The predicted molar refractivity (Wildman–Crippen MR) is 117 cm³/mol. The molecule has 0 unspecified atom stereocenters. The molecule has 2 aliphatic heterocycles. The van der Waals surface area contributed by atoms with Crippen LogP contribution in [0.25, 0.3) is 0 Å². The molecule has 1 aromatic heterocycles. The number of rotatable bonds is 7. The number of nitrogen functional groups attached to an aromatic ring is 1. The average Bonchev–Trinajstić information content (AvgIpc) is 3.33. The topological polar surface area (TPSA) is 124 Å². The van der Waals surface area contributed by atoms with Gasteiger partial charge in [-0.15, -0.1) is 10.2 Å². The van der Waals surface area contributed by atoms with Crippen molar-refractivity contribution in [3.05, 3.63) is 35.9 Å². The number of thioether (sulfide) groups is 1. The molecule has 4 rings (SSSR count). The number of carbonyl (C=O) groups is 1. The molecular weight excluding hydrogens is 459 g/mol. The Morgan fingerprint density at radius 2 is 1.91 bits per heavy atom. The van der Waals surface area contributed by atoms with Gasteiger partial charge >= 0.3 is 0 Å². The number of nitrogens with zero attached hydrogens (tertiary/aromatic N) is 5. The molecular formula is C19H25FN6O4S2. The van der Waals surface area contributed by atoms with Crippen LogP contribution in [0.15, 0.2) is 29.4 Å². The third kappa shape index (κ3) is 5.51. The van der Waals surface area contributed by atoms with Gasteiger partial charge in [-0.25, -0.2) is 17.5 Å². The molecule has 2 fully saturated rings. The van der Waals surface area contributed by atoms with Gasteiger partial charge in [0, 0.05) is 32.2 Å². The maximum atomic E-state index is 13.0. The van der Waals surface area contributed by atoms with E-state index in [0.29, 0.717) is 49.3 Å². The number of ether oxygens (including phenoxy) is 1. The molecule has 2 aliphatic rings. The van der Waals surface area contributed by atoms with Crippen molar-refractivity contribution in [2.24, 2.45) is 0 Å². The lowest BCUT2D eigenvalue weighted by molar-refractivity contribution is -0.130. The number of amides is 1. The van der Waals surface area contributed by atoms with E-state index in [9.17, 15) is 17.6 Å². The first-order chi connectivity index (χ1) is 15.3. The summed E-state index contributed by atoms with van der Waals surface area (Å²) in [6.45, 7) is 2.55. The Labute approximate surface area is 189 Å². The molecule has 1 aromatic carbocycles. The molecule has 2 N–H and O–H groups in total. The molecule has 1 atom stereocenters. The SMILES string of the molecule is Nn1c(COc2ccc(F)cc2)nnc1SCC(=O)N1CCN([C@@H]2CCS(=O)(=O)C2)CC1. The number of piperazine rings is 1. The fourth-order valence-electron chi connectivity index (χ4n) is 3.80. The number of aromatic nitrogens is 3. The van der Waals surface area contributed by atoms with E-state index < -0.39 is 9.84 Å². The summed E-state index contributed by atoms with van der Waals surface area (Å²) in [5.74, 6) is 7.14. The fourth-order valence-corrected chi connectivity index (χ4v) is 6.34. The molecule has 0 bridgehead atoms. The first-order valence-corrected chi connectivity index (χ1v) is 13.0. The fraction of sp³-hybridized carbons (Fsp3) is 0.526. The quantitative estimate of drug-likeness (QED) is 0.431. The Bertz CT molecular complexity index is 1050. The maximum Gasteiger partial charge on any atom is 0.233 e. The average molecular weight is 485 g/mol. The second-order valence-electron chi connectivity index (χ2n) is 7.77. The van der Waals surface area contributed by atoms with Gasteiger partial charge in [-0.05, 0) is 30.7 Å². The first-order valence-electron chi connectivity index (χ1n) is 10.2. The van der Waals surface area contributed by atoms with Crippen LogP contribution in [0.5, 0.6) is 5.75 Å². The lowest BCUT2D eigenvalue weighted by atomic mass is 10.2. The van der Waals surface area contributed by atoms with Crippen molar-refractivity contribution in [1.29, 1.82) is 0 Å². The number of halogens is 1. The number of sulfone groups is 1. The molecule has 10 nitrogen and oxygen atoms in total. The van der Waals surface area contributed by atoms with Crippen LogP contribution in [-0.4, -0.2) is 88.5 Å². The van der Waals surface area contributed by atoms with Crippen LogP contribution in [0, 0.1) is 5.82 Å². The summed E-state index contributed by atoms with van der Waals surface area (Å²) in [5.41, 5.74) is 0. The summed E-state index contributed by atoms with van der Waals surface area (Å²) in [5, 5.41) is 8.40. The Morgan fingerprint density at radius 1 is 1.19 bits per heavy atom. The molecule has 0 spiro atoms. The minimum Gasteiger partial charge on any atom is -0.486 e. The van der Waals surface area contributed by atoms with Crippen molar-refractivity contribution in [1.82, 2.24) is 24.7 Å². The van der Waals surface area contributed by atoms with Crippen LogP contribution < -0.4 is 10.6 Å². The molecule has 3 heterocycles. The Morgan fingerprint density at radius 3 is 2.56 bits per heavy atom. The lowest BCUT2D eigenvalue weighted by Gasteiger charge is -2.37. The zero-order valence-corrected chi connectivity index (χ0v) is 19.0. The maximum absolute atomic E-state index is 13.0. The predicted octanol–water partition coefficient (Wildman–Crippen LogP) is 0.133. The highest BCUT2D eigenvalue weighted by Crippen LogP contribution is 2.21. The van der Waals surface area contributed by atoms with E-state index in [2.05, 4.69) is 15.1 Å². The van der Waals surface area contributed by atoms with Crippen molar-refractivity contribution in [2.75, 3.05) is 49.3 Å². The standard InChI is InChI=1S/C19H25FN6O4S2/c20-14-1-3-16(4-2-14)30-11-17-22-23-19(26(17)21)31-12-18(27)25-8-6-24(7-9-25)15-5-10-32(28,29)13-15/h1-4,15H,5-13,21H2/t15-/m1/s1. The highest BCUT2D eigenvalue weighted by Gasteiger charge is 2.34. The van der Waals surface area contributed by atoms with Gasteiger partial charge in [0.25, 0.3) is 0 Å². The number of hydrogen-bond acceptors (Lipinski definition) is 9. The van der Waals surface area contributed by atoms with E-state index in [4.69, 9.17) is 10.6 Å². The molecule has 32 heavy (non-hydrogen) atoms. The van der Waals surface area contributed by atoms with E-state index in [1.54, 1.807) is 4.90 Å². The number of benzene rings is 1. The van der Waals surface area contributed by atoms with Crippen molar-refractivity contribution in [2.45, 2.75) is 24.2 Å². The van der Waals surface area contributed by atoms with Crippen molar-refractivity contribution in [3.63, 3.8) is 0 Å². The lowest BCUT2D eigenvalue weighted by Crippen LogP contribution is -2.52. The Hall–Kier alpha value is -2.38. The molecule has 1 amide bonds. The van der Waals surface area contributed by atoms with Crippen LogP contribution in [0.3, 0.4) is 0 Å². The molecule has 2 saturated heterocycles. The van der Waals surface area contributed by atoms with Crippen molar-refractivity contribution < 1.29 is 22.3 Å². The monoisotopic (exact) mass is 484 g/mol. The summed E-state index contributed by atoms with van der Waals surface area (Å²) in [4.78, 5) is 16.5. The Kier molecular flexibility index (Phi) is 6.86. The van der Waals surface area contributed by atoms with Gasteiger partial charge in [-0.1, -0.05) is 11.8 Å². The van der Waals surface area contributed by atoms with E-state index in [-0.39, 0.29) is 41.6 Å². The van der Waals surface area contributed by atoms with Crippen LogP contribution in [-0.2, 0) is 21.2 Å². The smallest absolute Gasteiger partial charge is 0.233 e. The minimum absolute atomic E-state index is 0.0270. The highest BCUT2D eigenvalue weighted by molar-refractivity contribution is 7.99. The van der Waals surface area contributed by atoms with Crippen LogP contribution in [0.1, 0.15) is 12.2 Å². The van der Waals surface area contributed by atoms with Gasteiger partial charge in [-0.3, -0.25) is 9.69 Å². The molecule has 0 aliphatic carbocycles. The zero-order valence-electron chi connectivity index (χ0n) is 17.4. The van der Waals surface area contributed by atoms with Gasteiger partial charge in [0.05, 0.1) is 17.3 Å². The van der Waals surface area contributed by atoms with Gasteiger partial charge in [0.1, 0.15) is 18.2 Å². The third-order valence-corrected chi connectivity index (χ3v) is 8.31. The number of hydrogen-bond donors (Lipinski definition) is 1. The van der Waals surface area contributed by atoms with Crippen LogP contribution in [0.2, 0.25) is 0 Å². The summed E-state index contributed by atoms with van der Waals surface area (Å²) in [7, 11) is -2.91. The summed E-state index contributed by atoms with van der Waals surface area (Å²) >= 11 is 1.19. The van der Waals surface area contributed by atoms with Crippen molar-refractivity contribution >= 4 is 27.5 Å². The molecule has 0 radical (unpaired) electrons. The minimum atomic E-state index is -2.91. The second kappa shape index (κ2) is 9.63. The van der Waals surface area contributed by atoms with Crippen molar-refractivity contribution in [3.8, 4) is 5.75 Å². The largest absolute Gasteiger partial charge is 0.486 e. The molecule has 0 saturated carbocycles. The summed E-state index contributed by atoms with van der Waals surface area (Å²) in [6, 6.07) is 5.67. The highest BCUT2D eigenvalue weighted by atomic mass is 32.2. The van der Waals surface area contributed by atoms with Gasteiger partial charge in [0.15, 0.2) is 15.7 Å². The van der Waals surface area contributed by atoms with E-state index in [1.807, 2.05) is 0 Å². The second-order valence-corrected chi connectivity index (χ2v) is 10.9.